The molecule has 1 aliphatic heterocycles. The molecule has 8 heteroatoms. The summed E-state index contributed by atoms with van der Waals surface area (Å²) in [4.78, 5) is 12.0. The molecule has 3 aromatic rings. The van der Waals surface area contributed by atoms with E-state index in [2.05, 4.69) is 15.6 Å². The monoisotopic (exact) mass is 315 g/mol. The normalized spacial score (nSPS) is 18.5. The number of rotatable bonds is 4. The molecule has 1 aromatic carbocycles. The Balaban J connectivity index is 1.52. The summed E-state index contributed by atoms with van der Waals surface area (Å²) in [5.41, 5.74) is 2.04. The average Bonchev–Trinajstić information content (AvgIpc) is 3.14. The molecule has 0 unspecified atom stereocenters. The van der Waals surface area contributed by atoms with Crippen LogP contribution in [0.15, 0.2) is 39.7 Å². The maximum atomic E-state index is 12.0. The second-order valence-corrected chi connectivity index (χ2v) is 5.55. The first-order valence-corrected chi connectivity index (χ1v) is 7.59. The first-order chi connectivity index (χ1) is 11.3. The molecule has 1 N–H and O–H groups in total. The van der Waals surface area contributed by atoms with Gasteiger partial charge in [-0.25, -0.2) is 9.48 Å². The number of morpholine rings is 1. The second kappa shape index (κ2) is 5.98. The topological polar surface area (TPSA) is 87.1 Å². The molecular formula is C15H17N5O3. The average molecular weight is 315 g/mol. The number of para-hydroxylation sites is 2. The maximum absolute atomic E-state index is 12.0. The Morgan fingerprint density at radius 1 is 1.35 bits per heavy atom. The summed E-state index contributed by atoms with van der Waals surface area (Å²) in [6.07, 6.45) is 1.93. The summed E-state index contributed by atoms with van der Waals surface area (Å²) in [5.74, 6) is -0.388. The third-order valence-corrected chi connectivity index (χ3v) is 3.88. The van der Waals surface area contributed by atoms with Crippen molar-refractivity contribution in [2.75, 3.05) is 19.7 Å². The van der Waals surface area contributed by atoms with E-state index in [0.29, 0.717) is 31.0 Å². The summed E-state index contributed by atoms with van der Waals surface area (Å²) in [6.45, 7) is 3.37. The van der Waals surface area contributed by atoms with E-state index in [1.165, 1.54) is 0 Å². The Morgan fingerprint density at radius 2 is 2.26 bits per heavy atom. The zero-order chi connectivity index (χ0) is 15.6. The highest BCUT2D eigenvalue weighted by molar-refractivity contribution is 5.72. The van der Waals surface area contributed by atoms with Gasteiger partial charge in [0.2, 0.25) is 0 Å². The number of oxazole rings is 1. The number of fused-ring (bicyclic) bond motifs is 1. The van der Waals surface area contributed by atoms with Gasteiger partial charge in [0.25, 0.3) is 0 Å². The summed E-state index contributed by atoms with van der Waals surface area (Å²) in [6, 6.07) is 7.34. The summed E-state index contributed by atoms with van der Waals surface area (Å²) in [7, 11) is 0. The predicted molar refractivity (Wildman–Crippen MR) is 82.2 cm³/mol. The van der Waals surface area contributed by atoms with E-state index in [0.717, 1.165) is 18.6 Å². The molecule has 0 saturated carbocycles. The minimum atomic E-state index is -0.388. The van der Waals surface area contributed by atoms with Gasteiger partial charge in [-0.05, 0) is 12.1 Å². The lowest BCUT2D eigenvalue weighted by Gasteiger charge is -2.23. The predicted octanol–water partition coefficient (Wildman–Crippen LogP) is 0.223. The number of ether oxygens (including phenoxy) is 1. The molecule has 0 bridgehead atoms. The van der Waals surface area contributed by atoms with Crippen molar-refractivity contribution >= 4 is 11.1 Å². The number of hydrogen-bond acceptors (Lipinski definition) is 6. The van der Waals surface area contributed by atoms with Crippen LogP contribution < -0.4 is 11.1 Å². The molecule has 4 rings (SSSR count). The van der Waals surface area contributed by atoms with Crippen LogP contribution in [-0.4, -0.2) is 45.4 Å². The molecule has 1 fully saturated rings. The zero-order valence-corrected chi connectivity index (χ0v) is 12.5. The fraction of sp³-hybridized carbons (Fsp3) is 0.400. The molecular weight excluding hydrogens is 298 g/mol. The largest absolute Gasteiger partial charge is 0.420 e. The van der Waals surface area contributed by atoms with E-state index >= 15 is 0 Å². The number of nitrogens with one attached hydrogen (secondary N) is 1. The van der Waals surface area contributed by atoms with Gasteiger partial charge in [-0.3, -0.25) is 4.57 Å². The van der Waals surface area contributed by atoms with Crippen molar-refractivity contribution in [2.45, 2.75) is 19.2 Å². The zero-order valence-electron chi connectivity index (χ0n) is 12.5. The summed E-state index contributed by atoms with van der Waals surface area (Å²) >= 11 is 0. The Morgan fingerprint density at radius 3 is 3.13 bits per heavy atom. The lowest BCUT2D eigenvalue weighted by atomic mass is 10.3. The lowest BCUT2D eigenvalue weighted by Crippen LogP contribution is -2.40. The van der Waals surface area contributed by atoms with Gasteiger partial charge in [0.1, 0.15) is 5.69 Å². The van der Waals surface area contributed by atoms with E-state index < -0.39 is 0 Å². The minimum Gasteiger partial charge on any atom is -0.408 e. The fourth-order valence-electron chi connectivity index (χ4n) is 2.77. The van der Waals surface area contributed by atoms with Gasteiger partial charge in [0.15, 0.2) is 5.58 Å². The SMILES string of the molecule is O=c1oc2ccccc2n1Cc1cn(C[C@H]2CNCCO2)nn1. The molecule has 23 heavy (non-hydrogen) atoms. The van der Waals surface area contributed by atoms with Crippen LogP contribution in [0.5, 0.6) is 0 Å². The van der Waals surface area contributed by atoms with Gasteiger partial charge in [-0.1, -0.05) is 17.3 Å². The van der Waals surface area contributed by atoms with Crippen LogP contribution in [0.4, 0.5) is 0 Å². The summed E-state index contributed by atoms with van der Waals surface area (Å²) < 4.78 is 14.2. The van der Waals surface area contributed by atoms with Crippen LogP contribution in [0, 0.1) is 0 Å². The first-order valence-electron chi connectivity index (χ1n) is 7.59. The molecule has 0 aliphatic carbocycles. The Kier molecular flexibility index (Phi) is 3.68. The highest BCUT2D eigenvalue weighted by atomic mass is 16.5. The highest BCUT2D eigenvalue weighted by Crippen LogP contribution is 2.13. The number of benzene rings is 1. The van der Waals surface area contributed by atoms with Crippen LogP contribution in [-0.2, 0) is 17.8 Å². The minimum absolute atomic E-state index is 0.0933. The molecule has 1 saturated heterocycles. The molecule has 8 nitrogen and oxygen atoms in total. The van der Waals surface area contributed by atoms with E-state index in [9.17, 15) is 4.79 Å². The molecule has 1 aliphatic rings. The maximum Gasteiger partial charge on any atom is 0.420 e. The Hall–Kier alpha value is -2.45. The van der Waals surface area contributed by atoms with Crippen LogP contribution in [0.2, 0.25) is 0 Å². The van der Waals surface area contributed by atoms with Gasteiger partial charge in [0.05, 0.1) is 37.5 Å². The van der Waals surface area contributed by atoms with Crippen molar-refractivity contribution in [1.29, 1.82) is 0 Å². The quantitative estimate of drug-likeness (QED) is 0.741. The molecule has 3 heterocycles. The van der Waals surface area contributed by atoms with Crippen molar-refractivity contribution in [1.82, 2.24) is 24.9 Å². The van der Waals surface area contributed by atoms with Crippen molar-refractivity contribution in [3.05, 3.63) is 46.7 Å². The highest BCUT2D eigenvalue weighted by Gasteiger charge is 2.16. The van der Waals surface area contributed by atoms with Crippen LogP contribution >= 0.6 is 0 Å². The molecule has 0 amide bonds. The van der Waals surface area contributed by atoms with Gasteiger partial charge in [-0.15, -0.1) is 5.10 Å². The standard InChI is InChI=1S/C15H17N5O3/c21-15-20(13-3-1-2-4-14(13)23-15)9-11-8-19(18-17-11)10-12-7-16-5-6-22-12/h1-4,8,12,16H,5-7,9-10H2/t12-/m1/s1. The van der Waals surface area contributed by atoms with Crippen molar-refractivity contribution in [3.63, 3.8) is 0 Å². The lowest BCUT2D eigenvalue weighted by molar-refractivity contribution is 0.0158. The van der Waals surface area contributed by atoms with Crippen LogP contribution in [0.1, 0.15) is 5.69 Å². The van der Waals surface area contributed by atoms with E-state index in [4.69, 9.17) is 9.15 Å². The van der Waals surface area contributed by atoms with E-state index in [-0.39, 0.29) is 11.9 Å². The molecule has 0 radical (unpaired) electrons. The van der Waals surface area contributed by atoms with Crippen molar-refractivity contribution in [3.8, 4) is 0 Å². The Labute approximate surface area is 131 Å². The van der Waals surface area contributed by atoms with E-state index in [1.54, 1.807) is 15.3 Å². The number of hydrogen-bond donors (Lipinski definition) is 1. The molecule has 120 valence electrons. The van der Waals surface area contributed by atoms with Gasteiger partial charge >= 0.3 is 5.76 Å². The second-order valence-electron chi connectivity index (χ2n) is 5.55. The fourth-order valence-corrected chi connectivity index (χ4v) is 2.77. The van der Waals surface area contributed by atoms with Crippen molar-refractivity contribution in [2.24, 2.45) is 0 Å². The molecule has 2 aromatic heterocycles. The third kappa shape index (κ3) is 2.90. The smallest absolute Gasteiger partial charge is 0.408 e. The van der Waals surface area contributed by atoms with Gasteiger partial charge in [0, 0.05) is 13.1 Å². The van der Waals surface area contributed by atoms with Crippen LogP contribution in [0.25, 0.3) is 11.1 Å². The summed E-state index contributed by atoms with van der Waals surface area (Å²) in [5, 5.41) is 11.5. The van der Waals surface area contributed by atoms with Crippen LogP contribution in [0.3, 0.4) is 0 Å². The first kappa shape index (κ1) is 14.2. The third-order valence-electron chi connectivity index (χ3n) is 3.88. The number of nitrogens with zero attached hydrogens (tertiary/aromatic N) is 4. The number of aromatic nitrogens is 4. The van der Waals surface area contributed by atoms with Crippen molar-refractivity contribution < 1.29 is 9.15 Å². The van der Waals surface area contributed by atoms with Gasteiger partial charge < -0.3 is 14.5 Å². The molecule has 1 atom stereocenters. The Bertz CT molecular complexity index is 859. The molecule has 0 spiro atoms. The van der Waals surface area contributed by atoms with Gasteiger partial charge in [-0.2, -0.15) is 0 Å². The van der Waals surface area contributed by atoms with E-state index in [1.807, 2.05) is 24.4 Å².